The second-order valence-corrected chi connectivity index (χ2v) is 6.19. The zero-order valence-electron chi connectivity index (χ0n) is 11.4. The van der Waals surface area contributed by atoms with Crippen molar-refractivity contribution in [3.05, 3.63) is 0 Å². The van der Waals surface area contributed by atoms with E-state index in [2.05, 4.69) is 6.92 Å². The highest BCUT2D eigenvalue weighted by molar-refractivity contribution is 7.99. The predicted octanol–water partition coefficient (Wildman–Crippen LogP) is 0.490. The van der Waals surface area contributed by atoms with Crippen molar-refractivity contribution in [2.45, 2.75) is 68.9 Å². The van der Waals surface area contributed by atoms with E-state index in [4.69, 9.17) is 9.84 Å². The molecular formula is C13H26O5S. The summed E-state index contributed by atoms with van der Waals surface area (Å²) in [5.74, 6) is 0.840. The van der Waals surface area contributed by atoms with E-state index in [9.17, 15) is 15.3 Å². The Morgan fingerprint density at radius 2 is 1.63 bits per heavy atom. The Balaban J connectivity index is 2.28. The molecule has 1 rings (SSSR count). The first kappa shape index (κ1) is 17.2. The lowest BCUT2D eigenvalue weighted by atomic mass is 10.0. The molecule has 0 spiro atoms. The second-order valence-electron chi connectivity index (χ2n) is 4.98. The van der Waals surface area contributed by atoms with E-state index in [0.717, 1.165) is 18.6 Å². The summed E-state index contributed by atoms with van der Waals surface area (Å²) in [5, 5.41) is 38.2. The van der Waals surface area contributed by atoms with Gasteiger partial charge in [-0.15, -0.1) is 11.8 Å². The Hall–Kier alpha value is 0.150. The zero-order valence-corrected chi connectivity index (χ0v) is 12.3. The van der Waals surface area contributed by atoms with E-state index >= 15 is 0 Å². The molecule has 4 N–H and O–H groups in total. The Labute approximate surface area is 119 Å². The minimum Gasteiger partial charge on any atom is -0.394 e. The maximum absolute atomic E-state index is 9.82. The maximum atomic E-state index is 9.82. The van der Waals surface area contributed by atoms with Crippen molar-refractivity contribution >= 4 is 11.8 Å². The Bertz CT molecular complexity index is 239. The molecule has 1 heterocycles. The number of aliphatic hydroxyl groups is 4. The molecule has 6 heteroatoms. The van der Waals surface area contributed by atoms with Crippen LogP contribution in [-0.2, 0) is 4.74 Å². The molecular weight excluding hydrogens is 268 g/mol. The molecule has 1 fully saturated rings. The van der Waals surface area contributed by atoms with Crippen molar-refractivity contribution in [1.29, 1.82) is 0 Å². The zero-order chi connectivity index (χ0) is 14.3. The molecule has 5 nitrogen and oxygen atoms in total. The van der Waals surface area contributed by atoms with Crippen LogP contribution in [-0.4, -0.2) is 62.6 Å². The Kier molecular flexibility index (Phi) is 8.29. The number of hydrogen-bond acceptors (Lipinski definition) is 6. The minimum atomic E-state index is -1.26. The highest BCUT2D eigenvalue weighted by atomic mass is 32.2. The monoisotopic (exact) mass is 294 g/mol. The van der Waals surface area contributed by atoms with Gasteiger partial charge < -0.3 is 25.2 Å². The summed E-state index contributed by atoms with van der Waals surface area (Å²) in [7, 11) is 0. The maximum Gasteiger partial charge on any atom is 0.132 e. The van der Waals surface area contributed by atoms with E-state index in [-0.39, 0.29) is 6.61 Å². The average molecular weight is 294 g/mol. The lowest BCUT2D eigenvalue weighted by molar-refractivity contribution is -0.205. The van der Waals surface area contributed by atoms with Gasteiger partial charge in [0.15, 0.2) is 0 Å². The van der Waals surface area contributed by atoms with Crippen LogP contribution in [0.4, 0.5) is 0 Å². The van der Waals surface area contributed by atoms with E-state index in [1.165, 1.54) is 31.0 Å². The Morgan fingerprint density at radius 1 is 0.947 bits per heavy atom. The van der Waals surface area contributed by atoms with Gasteiger partial charge >= 0.3 is 0 Å². The molecule has 114 valence electrons. The third-order valence-corrected chi connectivity index (χ3v) is 4.62. The summed E-state index contributed by atoms with van der Waals surface area (Å²) in [4.78, 5) is 0. The van der Waals surface area contributed by atoms with Crippen LogP contribution in [0.1, 0.15) is 39.0 Å². The van der Waals surface area contributed by atoms with Crippen molar-refractivity contribution in [2.24, 2.45) is 0 Å². The summed E-state index contributed by atoms with van der Waals surface area (Å²) in [6.45, 7) is 1.81. The van der Waals surface area contributed by atoms with Gasteiger partial charge in [0.2, 0.25) is 0 Å². The highest BCUT2D eigenvalue weighted by Crippen LogP contribution is 2.29. The molecule has 0 aromatic carbocycles. The molecule has 0 amide bonds. The topological polar surface area (TPSA) is 90.2 Å². The molecule has 0 saturated carbocycles. The molecule has 0 unspecified atom stereocenters. The fourth-order valence-electron chi connectivity index (χ4n) is 2.11. The highest BCUT2D eigenvalue weighted by Gasteiger charge is 2.43. The first-order chi connectivity index (χ1) is 9.11. The van der Waals surface area contributed by atoms with Crippen LogP contribution in [0.2, 0.25) is 0 Å². The van der Waals surface area contributed by atoms with E-state index in [0.29, 0.717) is 0 Å². The van der Waals surface area contributed by atoms with Crippen molar-refractivity contribution in [1.82, 2.24) is 0 Å². The van der Waals surface area contributed by atoms with Crippen LogP contribution in [0, 0.1) is 0 Å². The third-order valence-electron chi connectivity index (χ3n) is 3.38. The quantitative estimate of drug-likeness (QED) is 0.487. The van der Waals surface area contributed by atoms with E-state index < -0.39 is 29.9 Å². The number of rotatable bonds is 8. The predicted molar refractivity (Wildman–Crippen MR) is 75.0 cm³/mol. The largest absolute Gasteiger partial charge is 0.394 e. The van der Waals surface area contributed by atoms with Gasteiger partial charge in [0.25, 0.3) is 0 Å². The van der Waals surface area contributed by atoms with E-state index in [1.807, 2.05) is 0 Å². The molecule has 1 saturated heterocycles. The number of unbranched alkanes of at least 4 members (excludes halogenated alkanes) is 4. The lowest BCUT2D eigenvalue weighted by Crippen LogP contribution is -2.57. The van der Waals surface area contributed by atoms with Gasteiger partial charge in [0.05, 0.1) is 6.61 Å². The minimum absolute atomic E-state index is 0.363. The van der Waals surface area contributed by atoms with Crippen LogP contribution in [0.3, 0.4) is 0 Å². The van der Waals surface area contributed by atoms with Crippen molar-refractivity contribution < 1.29 is 25.2 Å². The fraction of sp³-hybridized carbons (Fsp3) is 1.00. The molecule has 0 aromatic rings. The summed E-state index contributed by atoms with van der Waals surface area (Å²) in [5.41, 5.74) is -0.582. The first-order valence-corrected chi connectivity index (χ1v) is 8.08. The molecule has 1 aliphatic heterocycles. The van der Waals surface area contributed by atoms with Crippen molar-refractivity contribution in [2.75, 3.05) is 12.4 Å². The SMILES string of the molecule is CCCCCCCS[C@H]1O[C@H](CO)[C@@H](O)[C@H](O)[C@@H]1O. The molecule has 19 heavy (non-hydrogen) atoms. The molecule has 0 radical (unpaired) electrons. The third kappa shape index (κ3) is 5.21. The summed E-state index contributed by atoms with van der Waals surface area (Å²) >= 11 is 1.43. The summed E-state index contributed by atoms with van der Waals surface area (Å²) in [6, 6.07) is 0. The normalized spacial score (nSPS) is 35.5. The molecule has 5 atom stereocenters. The first-order valence-electron chi connectivity index (χ1n) is 7.04. The average Bonchev–Trinajstić information content (AvgIpc) is 2.42. The lowest BCUT2D eigenvalue weighted by Gasteiger charge is -2.39. The van der Waals surface area contributed by atoms with Crippen LogP contribution >= 0.6 is 11.8 Å². The number of hydrogen-bond donors (Lipinski definition) is 4. The van der Waals surface area contributed by atoms with Crippen molar-refractivity contribution in [3.8, 4) is 0 Å². The van der Waals surface area contributed by atoms with Gasteiger partial charge in [-0.2, -0.15) is 0 Å². The smallest absolute Gasteiger partial charge is 0.132 e. The van der Waals surface area contributed by atoms with Gasteiger partial charge in [-0.05, 0) is 12.2 Å². The molecule has 0 aliphatic carbocycles. The van der Waals surface area contributed by atoms with Crippen molar-refractivity contribution in [3.63, 3.8) is 0 Å². The van der Waals surface area contributed by atoms with E-state index in [1.54, 1.807) is 0 Å². The van der Waals surface area contributed by atoms with Gasteiger partial charge in [-0.3, -0.25) is 0 Å². The second kappa shape index (κ2) is 9.15. The van der Waals surface area contributed by atoms with Crippen LogP contribution in [0.25, 0.3) is 0 Å². The number of ether oxygens (including phenoxy) is 1. The fourth-order valence-corrected chi connectivity index (χ4v) is 3.29. The number of aliphatic hydroxyl groups excluding tert-OH is 4. The number of thioether (sulfide) groups is 1. The standard InChI is InChI=1S/C13H26O5S/c1-2-3-4-5-6-7-19-13-12(17)11(16)10(15)9(8-14)18-13/h9-17H,2-8H2,1H3/t9-,10-,11+,12+,13-/m1/s1. The molecule has 1 aliphatic rings. The van der Waals surface area contributed by atoms with Crippen LogP contribution in [0.5, 0.6) is 0 Å². The molecule has 0 bridgehead atoms. The van der Waals surface area contributed by atoms with Crippen LogP contribution < -0.4 is 0 Å². The summed E-state index contributed by atoms with van der Waals surface area (Å²) in [6.07, 6.45) is 1.42. The van der Waals surface area contributed by atoms with Gasteiger partial charge in [0.1, 0.15) is 29.9 Å². The molecule has 0 aromatic heterocycles. The van der Waals surface area contributed by atoms with Crippen LogP contribution in [0.15, 0.2) is 0 Å². The van der Waals surface area contributed by atoms with Gasteiger partial charge in [-0.25, -0.2) is 0 Å². The van der Waals surface area contributed by atoms with Gasteiger partial charge in [0, 0.05) is 0 Å². The summed E-state index contributed by atoms with van der Waals surface area (Å²) < 4.78 is 5.41. The van der Waals surface area contributed by atoms with Gasteiger partial charge in [-0.1, -0.05) is 32.6 Å². The Morgan fingerprint density at radius 3 is 2.26 bits per heavy atom.